The molecule has 0 aromatic heterocycles. The van der Waals surface area contributed by atoms with Crippen LogP contribution in [0.25, 0.3) is 0 Å². The number of carboxylic acid groups (broad SMARTS) is 1. The number of benzene rings is 1. The van der Waals surface area contributed by atoms with Crippen LogP contribution in [0.1, 0.15) is 36.0 Å². The molecule has 0 saturated heterocycles. The standard InChI is InChI=1S/C19H21BrN2O4/c20-15-5-3-11(4-6-15)18(24)21-8-7-16(23)22-17(19(25)26)13-2-1-12-9-14(12)10-13/h2-6,12,14,17H,1,7-10H2,(H,21,24)(H,22,23)(H,25,26)/t12?,14?,17-/m1/s1. The molecule has 0 spiro atoms. The summed E-state index contributed by atoms with van der Waals surface area (Å²) in [6.45, 7) is 0.150. The van der Waals surface area contributed by atoms with Gasteiger partial charge < -0.3 is 15.7 Å². The van der Waals surface area contributed by atoms with Crippen LogP contribution in [0.5, 0.6) is 0 Å². The van der Waals surface area contributed by atoms with E-state index in [4.69, 9.17) is 0 Å². The molecule has 3 N–H and O–H groups in total. The van der Waals surface area contributed by atoms with E-state index in [1.165, 1.54) is 0 Å². The van der Waals surface area contributed by atoms with Gasteiger partial charge in [-0.2, -0.15) is 0 Å². The van der Waals surface area contributed by atoms with E-state index in [0.717, 1.165) is 29.3 Å². The Labute approximate surface area is 160 Å². The quantitative estimate of drug-likeness (QED) is 0.590. The number of hydrogen-bond acceptors (Lipinski definition) is 3. The molecule has 0 aliphatic heterocycles. The van der Waals surface area contributed by atoms with Crippen LogP contribution in [-0.2, 0) is 9.59 Å². The first-order chi connectivity index (χ1) is 12.4. The Morgan fingerprint density at radius 2 is 1.92 bits per heavy atom. The molecule has 1 saturated carbocycles. The molecule has 1 fully saturated rings. The number of allylic oxidation sites excluding steroid dienone is 1. The summed E-state index contributed by atoms with van der Waals surface area (Å²) in [6, 6.07) is 5.93. The molecular weight excluding hydrogens is 400 g/mol. The maximum absolute atomic E-state index is 12.1. The second-order valence-electron chi connectivity index (χ2n) is 6.83. The first kappa shape index (κ1) is 18.6. The summed E-state index contributed by atoms with van der Waals surface area (Å²) in [5, 5.41) is 14.7. The third kappa shape index (κ3) is 4.72. The molecule has 3 atom stereocenters. The first-order valence-corrected chi connectivity index (χ1v) is 9.48. The lowest BCUT2D eigenvalue weighted by Gasteiger charge is -2.20. The Balaban J connectivity index is 1.46. The number of hydrogen-bond donors (Lipinski definition) is 3. The van der Waals surface area contributed by atoms with Gasteiger partial charge in [0.25, 0.3) is 5.91 Å². The van der Waals surface area contributed by atoms with Crippen LogP contribution in [0, 0.1) is 11.8 Å². The van der Waals surface area contributed by atoms with Crippen LogP contribution < -0.4 is 10.6 Å². The van der Waals surface area contributed by atoms with Crippen LogP contribution in [0.15, 0.2) is 40.4 Å². The number of carboxylic acids is 1. The van der Waals surface area contributed by atoms with E-state index in [1.54, 1.807) is 24.3 Å². The van der Waals surface area contributed by atoms with Crippen molar-refractivity contribution in [1.82, 2.24) is 10.6 Å². The Bertz CT molecular complexity index is 744. The highest BCUT2D eigenvalue weighted by Gasteiger charge is 2.41. The minimum absolute atomic E-state index is 0.0331. The third-order valence-electron chi connectivity index (χ3n) is 4.92. The summed E-state index contributed by atoms with van der Waals surface area (Å²) in [4.78, 5) is 35.6. The maximum atomic E-state index is 12.1. The number of aliphatic carboxylic acids is 1. The Kier molecular flexibility index (Phi) is 5.76. The summed E-state index contributed by atoms with van der Waals surface area (Å²) in [6.07, 6.45) is 4.81. The molecule has 1 aromatic rings. The number of nitrogens with one attached hydrogen (secondary N) is 2. The van der Waals surface area contributed by atoms with Gasteiger partial charge in [-0.15, -0.1) is 0 Å². The molecular formula is C19H21BrN2O4. The van der Waals surface area contributed by atoms with Gasteiger partial charge in [-0.25, -0.2) is 4.79 Å². The van der Waals surface area contributed by atoms with Crippen molar-refractivity contribution in [3.63, 3.8) is 0 Å². The average molecular weight is 421 g/mol. The number of rotatable bonds is 7. The van der Waals surface area contributed by atoms with Gasteiger partial charge in [0, 0.05) is 23.0 Å². The van der Waals surface area contributed by atoms with Gasteiger partial charge in [-0.05, 0) is 60.9 Å². The third-order valence-corrected chi connectivity index (χ3v) is 5.45. The van der Waals surface area contributed by atoms with Crippen molar-refractivity contribution in [3.8, 4) is 0 Å². The molecule has 2 amide bonds. The van der Waals surface area contributed by atoms with Crippen LogP contribution in [-0.4, -0.2) is 35.5 Å². The molecule has 2 aliphatic rings. The van der Waals surface area contributed by atoms with Crippen molar-refractivity contribution >= 4 is 33.7 Å². The van der Waals surface area contributed by atoms with E-state index in [1.807, 2.05) is 6.08 Å². The highest BCUT2D eigenvalue weighted by Crippen LogP contribution is 2.49. The van der Waals surface area contributed by atoms with Gasteiger partial charge in [0.15, 0.2) is 0 Å². The maximum Gasteiger partial charge on any atom is 0.330 e. The molecule has 0 radical (unpaired) electrons. The van der Waals surface area contributed by atoms with E-state index >= 15 is 0 Å². The van der Waals surface area contributed by atoms with E-state index in [9.17, 15) is 19.5 Å². The zero-order chi connectivity index (χ0) is 18.7. The molecule has 2 unspecified atom stereocenters. The number of amides is 2. The van der Waals surface area contributed by atoms with Gasteiger partial charge in [-0.1, -0.05) is 22.0 Å². The van der Waals surface area contributed by atoms with Crippen molar-refractivity contribution in [2.24, 2.45) is 11.8 Å². The van der Waals surface area contributed by atoms with Crippen molar-refractivity contribution < 1.29 is 19.5 Å². The van der Waals surface area contributed by atoms with E-state index in [2.05, 4.69) is 26.6 Å². The second kappa shape index (κ2) is 8.03. The summed E-state index contributed by atoms with van der Waals surface area (Å²) in [7, 11) is 0. The summed E-state index contributed by atoms with van der Waals surface area (Å²) in [5.41, 5.74) is 1.30. The van der Waals surface area contributed by atoms with E-state index in [0.29, 0.717) is 17.4 Å². The predicted molar refractivity (Wildman–Crippen MR) is 99.6 cm³/mol. The van der Waals surface area contributed by atoms with Gasteiger partial charge >= 0.3 is 5.97 Å². The van der Waals surface area contributed by atoms with Gasteiger partial charge in [0.2, 0.25) is 5.91 Å². The molecule has 26 heavy (non-hydrogen) atoms. The minimum atomic E-state index is -1.04. The highest BCUT2D eigenvalue weighted by atomic mass is 79.9. The van der Waals surface area contributed by atoms with Crippen molar-refractivity contribution in [2.75, 3.05) is 6.54 Å². The fraction of sp³-hybridized carbons (Fsp3) is 0.421. The molecule has 0 bridgehead atoms. The number of fused-ring (bicyclic) bond motifs is 1. The monoisotopic (exact) mass is 420 g/mol. The largest absolute Gasteiger partial charge is 0.479 e. The topological polar surface area (TPSA) is 95.5 Å². The number of carbonyl (C=O) groups is 3. The van der Waals surface area contributed by atoms with Crippen molar-refractivity contribution in [3.05, 3.63) is 46.0 Å². The van der Waals surface area contributed by atoms with Crippen molar-refractivity contribution in [2.45, 2.75) is 31.7 Å². The molecule has 1 aromatic carbocycles. The van der Waals surface area contributed by atoms with E-state index in [-0.39, 0.29) is 24.8 Å². The zero-order valence-electron chi connectivity index (χ0n) is 14.2. The zero-order valence-corrected chi connectivity index (χ0v) is 15.8. The summed E-state index contributed by atoms with van der Waals surface area (Å²) < 4.78 is 0.877. The van der Waals surface area contributed by atoms with Gasteiger partial charge in [0.05, 0.1) is 0 Å². The number of carbonyl (C=O) groups excluding carboxylic acids is 2. The van der Waals surface area contributed by atoms with Crippen LogP contribution in [0.4, 0.5) is 0 Å². The lowest BCUT2D eigenvalue weighted by Crippen LogP contribution is -2.43. The Morgan fingerprint density at radius 3 is 2.58 bits per heavy atom. The van der Waals surface area contributed by atoms with Crippen LogP contribution in [0.3, 0.4) is 0 Å². The normalized spacial score (nSPS) is 21.8. The second-order valence-corrected chi connectivity index (χ2v) is 7.74. The number of halogens is 1. The lowest BCUT2D eigenvalue weighted by atomic mass is 9.93. The molecule has 2 aliphatic carbocycles. The van der Waals surface area contributed by atoms with Crippen LogP contribution >= 0.6 is 15.9 Å². The van der Waals surface area contributed by atoms with E-state index < -0.39 is 12.0 Å². The fourth-order valence-corrected chi connectivity index (χ4v) is 3.58. The molecule has 138 valence electrons. The van der Waals surface area contributed by atoms with Crippen molar-refractivity contribution in [1.29, 1.82) is 0 Å². The smallest absolute Gasteiger partial charge is 0.330 e. The van der Waals surface area contributed by atoms with Gasteiger partial charge in [-0.3, -0.25) is 9.59 Å². The lowest BCUT2D eigenvalue weighted by molar-refractivity contribution is -0.140. The minimum Gasteiger partial charge on any atom is -0.479 e. The molecule has 6 nitrogen and oxygen atoms in total. The Hall–Kier alpha value is -2.15. The molecule has 7 heteroatoms. The molecule has 0 heterocycles. The highest BCUT2D eigenvalue weighted by molar-refractivity contribution is 9.10. The van der Waals surface area contributed by atoms with Crippen LogP contribution in [0.2, 0.25) is 0 Å². The summed E-state index contributed by atoms with van der Waals surface area (Å²) in [5.74, 6) is -0.401. The average Bonchev–Trinajstić information content (AvgIpc) is 3.38. The SMILES string of the molecule is O=C(CCNC(=O)c1ccc(Br)cc1)N[C@@H](C(=O)O)C1=CCC2CC2C1. The summed E-state index contributed by atoms with van der Waals surface area (Å²) >= 11 is 3.30. The molecule has 3 rings (SSSR count). The Morgan fingerprint density at radius 1 is 1.19 bits per heavy atom. The van der Waals surface area contributed by atoms with Gasteiger partial charge in [0.1, 0.15) is 6.04 Å². The fourth-order valence-electron chi connectivity index (χ4n) is 3.31. The predicted octanol–water partition coefficient (Wildman–Crippen LogP) is 2.49. The first-order valence-electron chi connectivity index (χ1n) is 8.69.